The number of benzene rings is 1. The van der Waals surface area contributed by atoms with Crippen LogP contribution in [-0.4, -0.2) is 42.0 Å². The highest BCUT2D eigenvalue weighted by atomic mass is 16.5. The van der Waals surface area contributed by atoms with Crippen molar-refractivity contribution in [2.24, 2.45) is 5.41 Å². The van der Waals surface area contributed by atoms with E-state index in [1.165, 1.54) is 0 Å². The van der Waals surface area contributed by atoms with Crippen LogP contribution < -0.4 is 19.8 Å². The summed E-state index contributed by atoms with van der Waals surface area (Å²) >= 11 is 0. The summed E-state index contributed by atoms with van der Waals surface area (Å²) in [5, 5.41) is 9.60. The average Bonchev–Trinajstić information content (AvgIpc) is 3.55. The molecule has 2 atom stereocenters. The Labute approximate surface area is 184 Å². The maximum atomic E-state index is 13.4. The zero-order chi connectivity index (χ0) is 22.6. The first kappa shape index (κ1) is 20.4. The summed E-state index contributed by atoms with van der Waals surface area (Å²) in [7, 11) is 4.70. The van der Waals surface area contributed by atoms with Gasteiger partial charge < -0.3 is 19.3 Å². The zero-order valence-electron chi connectivity index (χ0n) is 18.2. The third kappa shape index (κ3) is 2.86. The Morgan fingerprint density at radius 3 is 2.53 bits per heavy atom. The number of carboxylic acids is 1. The Hall–Kier alpha value is -3.55. The van der Waals surface area contributed by atoms with Gasteiger partial charge in [-0.15, -0.1) is 0 Å². The highest BCUT2D eigenvalue weighted by molar-refractivity contribution is 5.85. The van der Waals surface area contributed by atoms with Crippen LogP contribution in [0.5, 0.6) is 17.2 Å². The van der Waals surface area contributed by atoms with E-state index in [1.54, 1.807) is 38.0 Å². The monoisotopic (exact) mass is 436 g/mol. The van der Waals surface area contributed by atoms with Crippen molar-refractivity contribution in [2.75, 3.05) is 21.3 Å². The number of hydrogen-bond donors (Lipinski definition) is 1. The molecule has 32 heavy (non-hydrogen) atoms. The summed E-state index contributed by atoms with van der Waals surface area (Å²) < 4.78 is 17.9. The van der Waals surface area contributed by atoms with Crippen molar-refractivity contribution < 1.29 is 24.1 Å². The number of hydrogen-bond acceptors (Lipinski definition) is 6. The van der Waals surface area contributed by atoms with Gasteiger partial charge in [-0.3, -0.25) is 14.2 Å². The maximum Gasteiger partial charge on any atom is 0.315 e. The van der Waals surface area contributed by atoms with E-state index in [0.29, 0.717) is 47.2 Å². The van der Waals surface area contributed by atoms with Crippen LogP contribution in [0, 0.1) is 5.41 Å². The van der Waals surface area contributed by atoms with Gasteiger partial charge in [0.15, 0.2) is 11.5 Å². The van der Waals surface area contributed by atoms with E-state index < -0.39 is 11.4 Å². The maximum absolute atomic E-state index is 13.4. The van der Waals surface area contributed by atoms with Gasteiger partial charge in [0.25, 0.3) is 5.56 Å². The molecule has 0 bridgehead atoms. The molecule has 1 saturated carbocycles. The predicted molar refractivity (Wildman–Crippen MR) is 118 cm³/mol. The van der Waals surface area contributed by atoms with Crippen molar-refractivity contribution in [1.82, 2.24) is 9.55 Å². The highest BCUT2D eigenvalue weighted by Crippen LogP contribution is 2.59. The molecule has 1 aromatic heterocycles. The van der Waals surface area contributed by atoms with Gasteiger partial charge in [-0.25, -0.2) is 4.98 Å². The molecule has 1 N–H and O–H groups in total. The number of carboxylic acid groups (broad SMARTS) is 1. The van der Waals surface area contributed by atoms with Crippen LogP contribution in [0.3, 0.4) is 0 Å². The van der Waals surface area contributed by atoms with E-state index in [2.05, 4.69) is 0 Å². The first-order chi connectivity index (χ1) is 15.4. The molecule has 5 rings (SSSR count). The summed E-state index contributed by atoms with van der Waals surface area (Å²) in [5.74, 6) is 1.25. The fourth-order valence-corrected chi connectivity index (χ4v) is 4.88. The molecular weight excluding hydrogens is 412 g/mol. The van der Waals surface area contributed by atoms with Crippen molar-refractivity contribution in [3.05, 3.63) is 51.2 Å². The Morgan fingerprint density at radius 1 is 1.19 bits per heavy atom. The lowest BCUT2D eigenvalue weighted by Crippen LogP contribution is -2.33. The lowest BCUT2D eigenvalue weighted by Gasteiger charge is -2.23. The third-order valence-electron chi connectivity index (χ3n) is 6.65. The number of aromatic nitrogens is 2. The fourth-order valence-electron chi connectivity index (χ4n) is 4.88. The fraction of sp³-hybridized carbons (Fsp3) is 0.375. The van der Waals surface area contributed by atoms with Gasteiger partial charge in [-0.1, -0.05) is 6.08 Å². The third-order valence-corrected chi connectivity index (χ3v) is 6.65. The molecule has 8 heteroatoms. The summed E-state index contributed by atoms with van der Waals surface area (Å²) in [4.78, 5) is 29.9. The summed E-state index contributed by atoms with van der Waals surface area (Å²) in [6.45, 7) is 0. The molecule has 0 saturated heterocycles. The molecule has 1 aliphatic heterocycles. The molecule has 0 amide bonds. The van der Waals surface area contributed by atoms with Crippen LogP contribution in [-0.2, 0) is 11.2 Å². The quantitative estimate of drug-likeness (QED) is 0.768. The van der Waals surface area contributed by atoms with E-state index in [4.69, 9.17) is 19.2 Å². The van der Waals surface area contributed by atoms with Crippen molar-refractivity contribution in [1.29, 1.82) is 0 Å². The first-order valence-electron chi connectivity index (χ1n) is 10.5. The topological polar surface area (TPSA) is 99.9 Å². The van der Waals surface area contributed by atoms with Crippen molar-refractivity contribution in [2.45, 2.75) is 31.7 Å². The standard InChI is InChI=1S/C24H24N2O6/c1-30-16-10-13(11-17(31-2)21(16)32-3)9-14-5-4-6-15-20(14)25-19-7-8-24(23(28)29)12-18(24)26(19)22(15)27/h7-11,18H,4-6,12H2,1-3H3,(H,28,29)/b14-9-. The second-order valence-electron chi connectivity index (χ2n) is 8.35. The number of allylic oxidation sites excluding steroid dienone is 1. The summed E-state index contributed by atoms with van der Waals surface area (Å²) in [6, 6.07) is 3.37. The van der Waals surface area contributed by atoms with Crippen molar-refractivity contribution in [3.63, 3.8) is 0 Å². The van der Waals surface area contributed by atoms with Gasteiger partial charge >= 0.3 is 5.97 Å². The molecule has 166 valence electrons. The Balaban J connectivity index is 1.62. The van der Waals surface area contributed by atoms with Crippen LogP contribution in [0.2, 0.25) is 0 Å². The second-order valence-corrected chi connectivity index (χ2v) is 8.35. The molecular formula is C24H24N2O6. The molecule has 2 aromatic rings. The van der Waals surface area contributed by atoms with Crippen molar-refractivity contribution in [3.8, 4) is 17.2 Å². The highest BCUT2D eigenvalue weighted by Gasteiger charge is 2.62. The average molecular weight is 436 g/mol. The lowest BCUT2D eigenvalue weighted by molar-refractivity contribution is -0.141. The van der Waals surface area contributed by atoms with Gasteiger partial charge in [0.2, 0.25) is 5.75 Å². The van der Waals surface area contributed by atoms with E-state index in [0.717, 1.165) is 24.0 Å². The zero-order valence-corrected chi connectivity index (χ0v) is 18.2. The van der Waals surface area contributed by atoms with E-state index in [1.807, 2.05) is 18.2 Å². The number of nitrogens with zero attached hydrogens (tertiary/aromatic N) is 2. The number of aliphatic carboxylic acids is 1. The van der Waals surface area contributed by atoms with Gasteiger partial charge in [-0.2, -0.15) is 0 Å². The predicted octanol–water partition coefficient (Wildman–Crippen LogP) is 3.19. The normalized spacial score (nSPS) is 23.7. The van der Waals surface area contributed by atoms with Gasteiger partial charge in [0.05, 0.1) is 33.1 Å². The van der Waals surface area contributed by atoms with Crippen LogP contribution in [0.4, 0.5) is 0 Å². The number of carbonyl (C=O) groups is 1. The second kappa shape index (κ2) is 7.25. The number of fused-ring (bicyclic) bond motifs is 4. The minimum Gasteiger partial charge on any atom is -0.493 e. The molecule has 3 aliphatic rings. The van der Waals surface area contributed by atoms with Crippen molar-refractivity contribution >= 4 is 23.7 Å². The minimum atomic E-state index is -0.962. The lowest BCUT2D eigenvalue weighted by atomic mass is 9.90. The summed E-state index contributed by atoms with van der Waals surface area (Å²) in [5.41, 5.74) is 2.06. The van der Waals surface area contributed by atoms with Crippen LogP contribution in [0.1, 0.15) is 47.9 Å². The van der Waals surface area contributed by atoms with E-state index in [9.17, 15) is 14.7 Å². The molecule has 8 nitrogen and oxygen atoms in total. The van der Waals surface area contributed by atoms with Crippen LogP contribution in [0.25, 0.3) is 17.7 Å². The molecule has 0 radical (unpaired) electrons. The van der Waals surface area contributed by atoms with Gasteiger partial charge in [0, 0.05) is 5.56 Å². The minimum absolute atomic E-state index is 0.127. The Bertz CT molecular complexity index is 1230. The molecule has 2 aliphatic carbocycles. The Morgan fingerprint density at radius 2 is 1.91 bits per heavy atom. The number of ether oxygens (including phenoxy) is 3. The first-order valence-corrected chi connectivity index (χ1v) is 10.5. The van der Waals surface area contributed by atoms with Crippen LogP contribution >= 0.6 is 0 Å². The number of methoxy groups -OCH3 is 3. The molecule has 2 heterocycles. The number of rotatable bonds is 5. The van der Waals surface area contributed by atoms with E-state index >= 15 is 0 Å². The smallest absolute Gasteiger partial charge is 0.315 e. The Kier molecular flexibility index (Phi) is 4.62. The SMILES string of the molecule is COc1cc(/C=C2/CCCc3c2nc2n(c3=O)C3CC3(C(=O)O)C=C2)cc(OC)c1OC. The summed E-state index contributed by atoms with van der Waals surface area (Å²) in [6.07, 6.45) is 8.02. The molecule has 2 unspecified atom stereocenters. The molecule has 1 fully saturated rings. The van der Waals surface area contributed by atoms with Gasteiger partial charge in [-0.05, 0) is 61.1 Å². The largest absolute Gasteiger partial charge is 0.493 e. The van der Waals surface area contributed by atoms with Gasteiger partial charge in [0.1, 0.15) is 11.2 Å². The van der Waals surface area contributed by atoms with Crippen LogP contribution in [0.15, 0.2) is 23.0 Å². The molecule has 1 aromatic carbocycles. The van der Waals surface area contributed by atoms with E-state index in [-0.39, 0.29) is 11.6 Å². The molecule has 0 spiro atoms.